The molecular weight excluding hydrogens is 318 g/mol. The summed E-state index contributed by atoms with van der Waals surface area (Å²) in [6.07, 6.45) is 0.990. The molecular formula is C20H21NO4. The largest absolute Gasteiger partial charge is 0.495 e. The smallest absolute Gasteiger partial charge is 0.306 e. The zero-order valence-corrected chi connectivity index (χ0v) is 14.1. The van der Waals surface area contributed by atoms with Crippen molar-refractivity contribution in [3.8, 4) is 5.75 Å². The molecule has 1 fully saturated rings. The fourth-order valence-electron chi connectivity index (χ4n) is 3.12. The highest BCUT2D eigenvalue weighted by Crippen LogP contribution is 2.38. The Morgan fingerprint density at radius 3 is 2.64 bits per heavy atom. The maximum absolute atomic E-state index is 12.3. The Morgan fingerprint density at radius 1 is 1.16 bits per heavy atom. The van der Waals surface area contributed by atoms with Gasteiger partial charge in [-0.25, -0.2) is 0 Å². The topological polar surface area (TPSA) is 64.6 Å². The predicted octanol–water partition coefficient (Wildman–Crippen LogP) is 3.72. The number of anilines is 1. The van der Waals surface area contributed by atoms with E-state index in [-0.39, 0.29) is 23.9 Å². The average Bonchev–Trinajstić information content (AvgIpc) is 3.02. The molecule has 5 nitrogen and oxygen atoms in total. The van der Waals surface area contributed by atoms with Crippen molar-refractivity contribution in [1.82, 2.24) is 0 Å². The molecule has 0 saturated carbocycles. The Labute approximate surface area is 147 Å². The van der Waals surface area contributed by atoms with Gasteiger partial charge in [-0.2, -0.15) is 0 Å². The number of amides is 1. The van der Waals surface area contributed by atoms with Crippen molar-refractivity contribution in [2.75, 3.05) is 12.4 Å². The van der Waals surface area contributed by atoms with Gasteiger partial charge in [0.25, 0.3) is 0 Å². The van der Waals surface area contributed by atoms with Crippen LogP contribution in [0.3, 0.4) is 0 Å². The first-order valence-electron chi connectivity index (χ1n) is 8.34. The lowest BCUT2D eigenvalue weighted by molar-refractivity contribution is -0.141. The van der Waals surface area contributed by atoms with Gasteiger partial charge in [-0.3, -0.25) is 9.59 Å². The molecule has 2 aromatic rings. The molecule has 1 N–H and O–H groups in total. The number of ether oxygens (including phenoxy) is 2. The molecule has 130 valence electrons. The minimum atomic E-state index is -0.271. The minimum absolute atomic E-state index is 0.0123. The molecule has 5 heteroatoms. The summed E-state index contributed by atoms with van der Waals surface area (Å²) in [5.41, 5.74) is 1.62. The summed E-state index contributed by atoms with van der Waals surface area (Å²) in [6.45, 7) is 0. The number of nitrogens with one attached hydrogen (secondary N) is 1. The van der Waals surface area contributed by atoms with E-state index in [1.165, 1.54) is 0 Å². The van der Waals surface area contributed by atoms with Gasteiger partial charge < -0.3 is 14.8 Å². The van der Waals surface area contributed by atoms with Gasteiger partial charge in [-0.1, -0.05) is 42.5 Å². The normalized spacial score (nSPS) is 19.3. The molecule has 1 heterocycles. The van der Waals surface area contributed by atoms with Crippen LogP contribution in [0.15, 0.2) is 54.6 Å². The van der Waals surface area contributed by atoms with Crippen molar-refractivity contribution >= 4 is 17.6 Å². The van der Waals surface area contributed by atoms with Crippen molar-refractivity contribution in [2.24, 2.45) is 5.92 Å². The number of carbonyl (C=O) groups is 2. The first kappa shape index (κ1) is 17.0. The Balaban J connectivity index is 1.60. The number of benzene rings is 2. The van der Waals surface area contributed by atoms with E-state index < -0.39 is 0 Å². The van der Waals surface area contributed by atoms with Crippen LogP contribution in [0, 0.1) is 5.92 Å². The fourth-order valence-corrected chi connectivity index (χ4v) is 3.12. The second-order valence-corrected chi connectivity index (χ2v) is 6.07. The first-order valence-corrected chi connectivity index (χ1v) is 8.34. The monoisotopic (exact) mass is 339 g/mol. The molecule has 2 atom stereocenters. The zero-order valence-electron chi connectivity index (χ0n) is 14.1. The van der Waals surface area contributed by atoms with Crippen LogP contribution in [0.2, 0.25) is 0 Å². The number of carbonyl (C=O) groups excluding carboxylic acids is 2. The lowest BCUT2D eigenvalue weighted by Crippen LogP contribution is -2.15. The minimum Gasteiger partial charge on any atom is -0.495 e. The first-order chi connectivity index (χ1) is 12.2. The van der Waals surface area contributed by atoms with Gasteiger partial charge in [0.1, 0.15) is 11.9 Å². The zero-order chi connectivity index (χ0) is 17.6. The summed E-state index contributed by atoms with van der Waals surface area (Å²) in [4.78, 5) is 24.0. The fraction of sp³-hybridized carbons (Fsp3) is 0.300. The van der Waals surface area contributed by atoms with E-state index in [1.54, 1.807) is 19.2 Å². The Bertz CT molecular complexity index is 744. The highest BCUT2D eigenvalue weighted by molar-refractivity contribution is 5.92. The molecule has 1 aliphatic rings. The summed E-state index contributed by atoms with van der Waals surface area (Å²) >= 11 is 0. The number of methoxy groups -OCH3 is 1. The van der Waals surface area contributed by atoms with E-state index in [0.717, 1.165) is 5.56 Å². The molecule has 0 radical (unpaired) electrons. The summed E-state index contributed by atoms with van der Waals surface area (Å²) in [7, 11) is 1.57. The summed E-state index contributed by atoms with van der Waals surface area (Å²) < 4.78 is 10.7. The van der Waals surface area contributed by atoms with Crippen molar-refractivity contribution in [3.63, 3.8) is 0 Å². The number of para-hydroxylation sites is 2. The number of cyclic esters (lactones) is 1. The van der Waals surface area contributed by atoms with Gasteiger partial charge in [0.05, 0.1) is 19.2 Å². The van der Waals surface area contributed by atoms with Gasteiger partial charge in [0.2, 0.25) is 5.91 Å². The highest BCUT2D eigenvalue weighted by atomic mass is 16.5. The molecule has 0 spiro atoms. The molecule has 0 unspecified atom stereocenters. The maximum Gasteiger partial charge on any atom is 0.306 e. The van der Waals surface area contributed by atoms with Gasteiger partial charge in [0, 0.05) is 12.3 Å². The Kier molecular flexibility index (Phi) is 5.33. The van der Waals surface area contributed by atoms with Crippen LogP contribution in [-0.4, -0.2) is 19.0 Å². The van der Waals surface area contributed by atoms with Crippen LogP contribution in [0.4, 0.5) is 5.69 Å². The van der Waals surface area contributed by atoms with Crippen LogP contribution >= 0.6 is 0 Å². The SMILES string of the molecule is COc1ccccc1NC(=O)CC[C@@H]1CC(=O)O[C@@H]1c1ccccc1. The van der Waals surface area contributed by atoms with Crippen LogP contribution in [0.1, 0.15) is 30.9 Å². The molecule has 25 heavy (non-hydrogen) atoms. The van der Waals surface area contributed by atoms with Gasteiger partial charge in [-0.15, -0.1) is 0 Å². The van der Waals surface area contributed by atoms with Gasteiger partial charge >= 0.3 is 5.97 Å². The number of hydrogen-bond donors (Lipinski definition) is 1. The van der Waals surface area contributed by atoms with Crippen LogP contribution in [0.25, 0.3) is 0 Å². The van der Waals surface area contributed by atoms with E-state index in [2.05, 4.69) is 5.32 Å². The third-order valence-corrected chi connectivity index (χ3v) is 4.37. The van der Waals surface area contributed by atoms with E-state index in [0.29, 0.717) is 30.7 Å². The lowest BCUT2D eigenvalue weighted by Gasteiger charge is -2.17. The van der Waals surface area contributed by atoms with Crippen LogP contribution in [0.5, 0.6) is 5.75 Å². The third kappa shape index (κ3) is 4.18. The second kappa shape index (κ2) is 7.83. The average molecular weight is 339 g/mol. The molecule has 3 rings (SSSR count). The van der Waals surface area contributed by atoms with E-state index >= 15 is 0 Å². The second-order valence-electron chi connectivity index (χ2n) is 6.07. The predicted molar refractivity (Wildman–Crippen MR) is 94.2 cm³/mol. The standard InChI is InChI=1S/C20H21NO4/c1-24-17-10-6-5-9-16(17)21-18(22)12-11-15-13-19(23)25-20(15)14-7-3-2-4-8-14/h2-10,15,20H,11-13H2,1H3,(H,21,22)/t15-,20-/m1/s1. The van der Waals surface area contributed by atoms with Gasteiger partial charge in [-0.05, 0) is 24.1 Å². The van der Waals surface area contributed by atoms with E-state index in [1.807, 2.05) is 42.5 Å². The quantitative estimate of drug-likeness (QED) is 0.815. The van der Waals surface area contributed by atoms with Crippen molar-refractivity contribution in [3.05, 3.63) is 60.2 Å². The molecule has 0 bridgehead atoms. The highest BCUT2D eigenvalue weighted by Gasteiger charge is 2.35. The molecule has 1 aliphatic heterocycles. The molecule has 2 aromatic carbocycles. The summed E-state index contributed by atoms with van der Waals surface area (Å²) in [6, 6.07) is 17.0. The summed E-state index contributed by atoms with van der Waals surface area (Å²) in [5, 5.41) is 2.86. The van der Waals surface area contributed by atoms with Crippen LogP contribution < -0.4 is 10.1 Å². The number of hydrogen-bond acceptors (Lipinski definition) is 4. The van der Waals surface area contributed by atoms with Gasteiger partial charge in [0.15, 0.2) is 0 Å². The molecule has 0 aliphatic carbocycles. The maximum atomic E-state index is 12.3. The summed E-state index contributed by atoms with van der Waals surface area (Å²) in [5.74, 6) is 0.329. The van der Waals surface area contributed by atoms with E-state index in [4.69, 9.17) is 9.47 Å². The third-order valence-electron chi connectivity index (χ3n) is 4.37. The van der Waals surface area contributed by atoms with Crippen molar-refractivity contribution < 1.29 is 19.1 Å². The number of rotatable bonds is 6. The Morgan fingerprint density at radius 2 is 1.88 bits per heavy atom. The van der Waals surface area contributed by atoms with Crippen molar-refractivity contribution in [2.45, 2.75) is 25.4 Å². The van der Waals surface area contributed by atoms with Crippen molar-refractivity contribution in [1.29, 1.82) is 0 Å². The lowest BCUT2D eigenvalue weighted by atomic mass is 9.91. The number of esters is 1. The molecule has 1 saturated heterocycles. The van der Waals surface area contributed by atoms with E-state index in [9.17, 15) is 9.59 Å². The molecule has 0 aromatic heterocycles. The van der Waals surface area contributed by atoms with Crippen LogP contribution in [-0.2, 0) is 14.3 Å². The molecule has 1 amide bonds. The Hall–Kier alpha value is -2.82.